The lowest BCUT2D eigenvalue weighted by molar-refractivity contribution is -0.276. The molecule has 0 saturated carbocycles. The van der Waals surface area contributed by atoms with Gasteiger partial charge >= 0.3 is 0 Å². The summed E-state index contributed by atoms with van der Waals surface area (Å²) in [6.07, 6.45) is 0.969. The molecular weight excluding hydrogens is 773 g/mol. The Morgan fingerprint density at radius 2 is 1.47 bits per heavy atom. The lowest BCUT2D eigenvalue weighted by atomic mass is 9.90. The van der Waals surface area contributed by atoms with Crippen LogP contribution in [-0.4, -0.2) is 41.1 Å². The van der Waals surface area contributed by atoms with Gasteiger partial charge in [0.2, 0.25) is 15.9 Å². The number of ether oxygens (including phenoxy) is 2. The minimum absolute atomic E-state index is 0.00637. The molecule has 2 heterocycles. The van der Waals surface area contributed by atoms with Crippen molar-refractivity contribution in [3.8, 4) is 11.1 Å². The average molecular weight is 821 g/mol. The first-order valence-corrected chi connectivity index (χ1v) is 21.6. The van der Waals surface area contributed by atoms with Crippen molar-refractivity contribution in [2.24, 2.45) is 5.92 Å². The third-order valence-electron chi connectivity index (χ3n) is 11.2. The Hall–Kier alpha value is -5.95. The molecule has 8 rings (SSSR count). The third-order valence-corrected chi connectivity index (χ3v) is 12.7. The molecule has 0 radical (unpaired) electrons. The SMILES string of the molecule is Cc1ccc(S(=O)(=O)N[C@H](Cc2ccccc2)C(=O)NCc2cccc(-c3ccc([C@@H]4O[C@H](Cn5cnc6ccccc65)[C@H](C)[C@H](c5ccc(CO)cc5)O4)cc3)c2)cc1. The first kappa shape index (κ1) is 40.8. The molecule has 1 aromatic heterocycles. The Morgan fingerprint density at radius 1 is 0.767 bits per heavy atom. The van der Waals surface area contributed by atoms with Gasteiger partial charge in [-0.3, -0.25) is 4.79 Å². The summed E-state index contributed by atoms with van der Waals surface area (Å²) in [5.41, 5.74) is 9.28. The average Bonchev–Trinajstić information content (AvgIpc) is 3.69. The van der Waals surface area contributed by atoms with Crippen molar-refractivity contribution in [1.29, 1.82) is 0 Å². The highest BCUT2D eigenvalue weighted by molar-refractivity contribution is 7.89. The molecule has 6 aromatic carbocycles. The van der Waals surface area contributed by atoms with E-state index in [0.29, 0.717) is 6.54 Å². The van der Waals surface area contributed by atoms with Gasteiger partial charge in [-0.05, 0) is 77.1 Å². The number of aryl methyl sites for hydroxylation is 1. The van der Waals surface area contributed by atoms with Gasteiger partial charge in [0.1, 0.15) is 6.04 Å². The van der Waals surface area contributed by atoms with Crippen LogP contribution in [0.4, 0.5) is 0 Å². The first-order valence-electron chi connectivity index (χ1n) is 20.1. The van der Waals surface area contributed by atoms with Gasteiger partial charge in [0.05, 0.1) is 47.6 Å². The third kappa shape index (κ3) is 9.41. The van der Waals surface area contributed by atoms with Crippen LogP contribution in [0.15, 0.2) is 163 Å². The van der Waals surface area contributed by atoms with Gasteiger partial charge in [0, 0.05) is 18.0 Å². The molecule has 1 fully saturated rings. The standard InChI is InChI=1S/C49H48N4O6S/c1-33-15-25-42(26-16-33)60(56,57)52-44(28-35-9-4-3-5-10-35)48(55)50-29-37-11-8-12-41(27-37)38-21-23-40(24-22-38)49-58-46(30-53-32-51-43-13-6-7-14-45(43)53)34(2)47(59-49)39-19-17-36(31-54)18-20-39/h3-27,32,34,44,46-47,49,52,54H,28-31H2,1-2H3,(H,50,55)/t34-,44+,46+,47+,49+/m0/s1. The summed E-state index contributed by atoms with van der Waals surface area (Å²) < 4.78 is 45.0. The molecule has 1 aliphatic rings. The maximum Gasteiger partial charge on any atom is 0.241 e. The zero-order valence-electron chi connectivity index (χ0n) is 33.5. The molecule has 1 aliphatic heterocycles. The Kier molecular flexibility index (Phi) is 12.3. The summed E-state index contributed by atoms with van der Waals surface area (Å²) in [5.74, 6) is -0.417. The van der Waals surface area contributed by atoms with Gasteiger partial charge in [-0.1, -0.05) is 134 Å². The van der Waals surface area contributed by atoms with Crippen LogP contribution in [0.5, 0.6) is 0 Å². The maximum atomic E-state index is 13.7. The van der Waals surface area contributed by atoms with Crippen molar-refractivity contribution in [3.05, 3.63) is 191 Å². The van der Waals surface area contributed by atoms with Gasteiger partial charge in [-0.15, -0.1) is 0 Å². The number of carbonyl (C=O) groups is 1. The lowest BCUT2D eigenvalue weighted by Gasteiger charge is -2.41. The van der Waals surface area contributed by atoms with Crippen LogP contribution in [0.2, 0.25) is 0 Å². The summed E-state index contributed by atoms with van der Waals surface area (Å²) >= 11 is 0. The molecule has 5 atom stereocenters. The predicted octanol–water partition coefficient (Wildman–Crippen LogP) is 8.20. The predicted molar refractivity (Wildman–Crippen MR) is 232 cm³/mol. The number of aromatic nitrogens is 2. The Balaban J connectivity index is 0.978. The van der Waals surface area contributed by atoms with Crippen LogP contribution in [0, 0.1) is 12.8 Å². The van der Waals surface area contributed by atoms with Crippen molar-refractivity contribution in [3.63, 3.8) is 0 Å². The summed E-state index contributed by atoms with van der Waals surface area (Å²) in [6.45, 7) is 4.81. The van der Waals surface area contributed by atoms with E-state index >= 15 is 0 Å². The molecule has 0 bridgehead atoms. The van der Waals surface area contributed by atoms with Crippen LogP contribution in [-0.2, 0) is 50.4 Å². The van der Waals surface area contributed by atoms with Crippen LogP contribution >= 0.6 is 0 Å². The number of sulfonamides is 1. The second kappa shape index (κ2) is 18.1. The van der Waals surface area contributed by atoms with E-state index in [1.165, 1.54) is 0 Å². The number of imidazole rings is 1. The van der Waals surface area contributed by atoms with Crippen molar-refractivity contribution < 1.29 is 27.8 Å². The molecule has 11 heteroatoms. The molecule has 1 saturated heterocycles. The van der Waals surface area contributed by atoms with Crippen molar-refractivity contribution in [2.75, 3.05) is 0 Å². The number of nitrogens with zero attached hydrogens (tertiary/aromatic N) is 2. The Labute approximate surface area is 350 Å². The molecule has 0 unspecified atom stereocenters. The zero-order chi connectivity index (χ0) is 41.6. The van der Waals surface area contributed by atoms with Crippen molar-refractivity contribution in [1.82, 2.24) is 19.6 Å². The number of rotatable bonds is 14. The van der Waals surface area contributed by atoms with Gasteiger partial charge in [-0.25, -0.2) is 13.4 Å². The Bertz CT molecular complexity index is 2650. The van der Waals surface area contributed by atoms with E-state index in [-0.39, 0.29) is 42.6 Å². The topological polar surface area (TPSA) is 132 Å². The van der Waals surface area contributed by atoms with Gasteiger partial charge in [0.25, 0.3) is 0 Å². The number of hydrogen-bond acceptors (Lipinski definition) is 7. The van der Waals surface area contributed by atoms with Gasteiger partial charge in [0.15, 0.2) is 6.29 Å². The Morgan fingerprint density at radius 3 is 2.22 bits per heavy atom. The fourth-order valence-electron chi connectivity index (χ4n) is 7.69. The summed E-state index contributed by atoms with van der Waals surface area (Å²) in [7, 11) is -3.97. The molecule has 0 spiro atoms. The van der Waals surface area contributed by atoms with E-state index in [4.69, 9.17) is 9.47 Å². The van der Waals surface area contributed by atoms with E-state index in [0.717, 1.165) is 55.5 Å². The number of fused-ring (bicyclic) bond motifs is 1. The second-order valence-corrected chi connectivity index (χ2v) is 17.1. The highest BCUT2D eigenvalue weighted by atomic mass is 32.2. The van der Waals surface area contributed by atoms with Crippen LogP contribution < -0.4 is 10.0 Å². The molecule has 306 valence electrons. The minimum atomic E-state index is -3.97. The number of carbonyl (C=O) groups excluding carboxylic acids is 1. The molecule has 3 N–H and O–H groups in total. The van der Waals surface area contributed by atoms with E-state index in [2.05, 4.69) is 32.6 Å². The smallest absolute Gasteiger partial charge is 0.241 e. The number of benzene rings is 6. The number of nitrogens with one attached hydrogen (secondary N) is 2. The molecular formula is C49H48N4O6S. The van der Waals surface area contributed by atoms with Crippen LogP contribution in [0.1, 0.15) is 52.7 Å². The van der Waals surface area contributed by atoms with E-state index in [1.54, 1.807) is 24.3 Å². The molecule has 60 heavy (non-hydrogen) atoms. The molecule has 1 amide bonds. The normalized spacial score (nSPS) is 18.6. The fourth-order valence-corrected chi connectivity index (χ4v) is 8.89. The summed E-state index contributed by atoms with van der Waals surface area (Å²) in [4.78, 5) is 18.4. The second-order valence-electron chi connectivity index (χ2n) is 15.4. The zero-order valence-corrected chi connectivity index (χ0v) is 34.3. The molecule has 0 aliphatic carbocycles. The van der Waals surface area contributed by atoms with Gasteiger partial charge < -0.3 is 24.5 Å². The highest BCUT2D eigenvalue weighted by Gasteiger charge is 2.39. The fraction of sp³-hybridized carbons (Fsp3) is 0.224. The quantitative estimate of drug-likeness (QED) is 0.101. The summed E-state index contributed by atoms with van der Waals surface area (Å²) in [6, 6.07) is 46.9. The largest absolute Gasteiger partial charge is 0.392 e. The first-order chi connectivity index (χ1) is 29.1. The monoisotopic (exact) mass is 820 g/mol. The highest BCUT2D eigenvalue weighted by Crippen LogP contribution is 2.42. The lowest BCUT2D eigenvalue weighted by Crippen LogP contribution is -2.47. The van der Waals surface area contributed by atoms with Gasteiger partial charge in [-0.2, -0.15) is 4.72 Å². The molecule has 7 aromatic rings. The number of amides is 1. The number of hydrogen-bond donors (Lipinski definition) is 3. The van der Waals surface area contributed by atoms with E-state index < -0.39 is 28.3 Å². The van der Waals surface area contributed by atoms with Crippen LogP contribution in [0.3, 0.4) is 0 Å². The van der Waals surface area contributed by atoms with Crippen LogP contribution in [0.25, 0.3) is 22.2 Å². The van der Waals surface area contributed by atoms with E-state index in [1.807, 2.05) is 135 Å². The van der Waals surface area contributed by atoms with Crippen molar-refractivity contribution >= 4 is 27.0 Å². The molecule has 10 nitrogen and oxygen atoms in total. The number of para-hydroxylation sites is 2. The van der Waals surface area contributed by atoms with E-state index in [9.17, 15) is 18.3 Å². The maximum absolute atomic E-state index is 13.7. The van der Waals surface area contributed by atoms with Crippen molar-refractivity contribution in [2.45, 2.75) is 69.4 Å². The number of aliphatic hydroxyl groups is 1. The summed E-state index contributed by atoms with van der Waals surface area (Å²) in [5, 5.41) is 12.6. The minimum Gasteiger partial charge on any atom is -0.392 e. The number of aliphatic hydroxyl groups excluding tert-OH is 1.